The van der Waals surface area contributed by atoms with Crippen LogP contribution < -0.4 is 5.73 Å². The van der Waals surface area contributed by atoms with Crippen LogP contribution in [-0.4, -0.2) is 10.9 Å². The minimum atomic E-state index is -2.79. The Morgan fingerprint density at radius 2 is 2.21 bits per heavy atom. The van der Waals surface area contributed by atoms with Gasteiger partial charge in [-0.25, -0.2) is 13.8 Å². The number of carbonyl (C=O) groups excluding carboxylic acids is 1. The summed E-state index contributed by atoms with van der Waals surface area (Å²) in [5.74, 6) is -0.937. The topological polar surface area (TPSA) is 56.0 Å². The van der Waals surface area contributed by atoms with E-state index in [0.717, 1.165) is 6.07 Å². The van der Waals surface area contributed by atoms with Gasteiger partial charge in [0.15, 0.2) is 0 Å². The van der Waals surface area contributed by atoms with E-state index in [-0.39, 0.29) is 16.4 Å². The van der Waals surface area contributed by atoms with E-state index < -0.39 is 17.9 Å². The smallest absolute Gasteiger partial charge is 0.266 e. The molecule has 0 aliphatic carbocycles. The minimum absolute atomic E-state index is 0.0151. The lowest BCUT2D eigenvalue weighted by Crippen LogP contribution is -2.15. The predicted molar refractivity (Wildman–Crippen MR) is 47.5 cm³/mol. The molecule has 6 heteroatoms. The average Bonchev–Trinajstić information content (AvgIpc) is 2.01. The number of pyridine rings is 1. The van der Waals surface area contributed by atoms with Crippen molar-refractivity contribution in [3.63, 3.8) is 0 Å². The van der Waals surface area contributed by atoms with E-state index in [9.17, 15) is 13.6 Å². The van der Waals surface area contributed by atoms with Gasteiger partial charge in [0.2, 0.25) is 5.91 Å². The largest absolute Gasteiger partial charge is 0.366 e. The van der Waals surface area contributed by atoms with Gasteiger partial charge >= 0.3 is 0 Å². The zero-order chi connectivity index (χ0) is 10.9. The van der Waals surface area contributed by atoms with Crippen molar-refractivity contribution in [1.29, 1.82) is 0 Å². The number of alkyl halides is 2. The van der Waals surface area contributed by atoms with Crippen molar-refractivity contribution in [3.05, 3.63) is 28.0 Å². The Bertz CT molecular complexity index is 382. The first-order valence-electron chi connectivity index (χ1n) is 3.68. The highest BCUT2D eigenvalue weighted by Gasteiger charge is 2.20. The van der Waals surface area contributed by atoms with Gasteiger partial charge in [-0.2, -0.15) is 0 Å². The van der Waals surface area contributed by atoms with Crippen molar-refractivity contribution in [2.75, 3.05) is 0 Å². The van der Waals surface area contributed by atoms with Crippen LogP contribution in [0.25, 0.3) is 0 Å². The van der Waals surface area contributed by atoms with Crippen LogP contribution in [0.1, 0.15) is 28.0 Å². The summed E-state index contributed by atoms with van der Waals surface area (Å²) < 4.78 is 25.0. The van der Waals surface area contributed by atoms with Gasteiger partial charge in [0.25, 0.3) is 6.43 Å². The Kier molecular flexibility index (Phi) is 3.00. The first kappa shape index (κ1) is 10.8. The molecule has 0 aromatic carbocycles. The minimum Gasteiger partial charge on any atom is -0.366 e. The number of carbonyl (C=O) groups is 1. The molecule has 1 aromatic rings. The van der Waals surface area contributed by atoms with Crippen molar-refractivity contribution in [2.45, 2.75) is 13.3 Å². The van der Waals surface area contributed by atoms with Gasteiger partial charge in [-0.05, 0) is 13.0 Å². The molecule has 3 nitrogen and oxygen atoms in total. The van der Waals surface area contributed by atoms with Gasteiger partial charge in [-0.3, -0.25) is 4.79 Å². The molecule has 76 valence electrons. The van der Waals surface area contributed by atoms with E-state index in [2.05, 4.69) is 4.98 Å². The molecule has 1 aromatic heterocycles. The van der Waals surface area contributed by atoms with Crippen molar-refractivity contribution in [2.24, 2.45) is 5.73 Å². The van der Waals surface area contributed by atoms with Crippen LogP contribution in [0.5, 0.6) is 0 Å². The highest BCUT2D eigenvalue weighted by Crippen LogP contribution is 2.27. The Balaban J connectivity index is 3.44. The summed E-state index contributed by atoms with van der Waals surface area (Å²) in [6, 6.07) is 1.04. The second-order valence-corrected chi connectivity index (χ2v) is 3.04. The third kappa shape index (κ3) is 1.98. The summed E-state index contributed by atoms with van der Waals surface area (Å²) in [5.41, 5.74) is 4.21. The fourth-order valence-corrected chi connectivity index (χ4v) is 1.36. The Labute approximate surface area is 83.9 Å². The zero-order valence-electron chi connectivity index (χ0n) is 7.22. The van der Waals surface area contributed by atoms with E-state index in [1.807, 2.05) is 0 Å². The first-order valence-corrected chi connectivity index (χ1v) is 4.06. The monoisotopic (exact) mass is 220 g/mol. The van der Waals surface area contributed by atoms with Crippen LogP contribution >= 0.6 is 11.6 Å². The summed E-state index contributed by atoms with van der Waals surface area (Å²) in [6.45, 7) is 1.35. The molecule has 0 aliphatic heterocycles. The molecular weight excluding hydrogens is 214 g/mol. The highest BCUT2D eigenvalue weighted by molar-refractivity contribution is 6.29. The second kappa shape index (κ2) is 3.88. The third-order valence-corrected chi connectivity index (χ3v) is 1.90. The Hall–Kier alpha value is -1.23. The van der Waals surface area contributed by atoms with Gasteiger partial charge in [0.1, 0.15) is 5.15 Å². The standard InChI is InChI=1S/C8H7ClF2N2O/c1-3-6(7(10)11)4(8(12)14)2-5(9)13-3/h2,7H,1H3,(H2,12,14). The van der Waals surface area contributed by atoms with Crippen molar-refractivity contribution in [3.8, 4) is 0 Å². The molecular formula is C8H7ClF2N2O. The van der Waals surface area contributed by atoms with E-state index in [4.69, 9.17) is 17.3 Å². The van der Waals surface area contributed by atoms with Gasteiger partial charge in [-0.15, -0.1) is 0 Å². The average molecular weight is 221 g/mol. The van der Waals surface area contributed by atoms with Gasteiger partial charge in [-0.1, -0.05) is 11.6 Å². The fraction of sp³-hybridized carbons (Fsp3) is 0.250. The molecule has 0 saturated heterocycles. The van der Waals surface area contributed by atoms with E-state index in [0.29, 0.717) is 0 Å². The SMILES string of the molecule is Cc1nc(Cl)cc(C(N)=O)c1C(F)F. The molecule has 2 N–H and O–H groups in total. The molecule has 0 bridgehead atoms. The Morgan fingerprint density at radius 1 is 1.64 bits per heavy atom. The van der Waals surface area contributed by atoms with Gasteiger partial charge < -0.3 is 5.73 Å². The lowest BCUT2D eigenvalue weighted by molar-refractivity contribution is 0.0985. The van der Waals surface area contributed by atoms with Crippen LogP contribution in [0.15, 0.2) is 6.07 Å². The normalized spacial score (nSPS) is 10.6. The molecule has 0 spiro atoms. The molecule has 0 radical (unpaired) electrons. The Morgan fingerprint density at radius 3 is 2.64 bits per heavy atom. The lowest BCUT2D eigenvalue weighted by Gasteiger charge is -2.08. The number of halogens is 3. The molecule has 1 rings (SSSR count). The lowest BCUT2D eigenvalue weighted by atomic mass is 10.1. The molecule has 0 saturated carbocycles. The van der Waals surface area contributed by atoms with Crippen LogP contribution in [0.3, 0.4) is 0 Å². The molecule has 0 fully saturated rings. The van der Waals surface area contributed by atoms with Crippen LogP contribution in [0, 0.1) is 6.92 Å². The van der Waals surface area contributed by atoms with Gasteiger partial charge in [0.05, 0.1) is 11.1 Å². The summed E-state index contributed by atoms with van der Waals surface area (Å²) in [6.07, 6.45) is -2.79. The highest BCUT2D eigenvalue weighted by atomic mass is 35.5. The maximum atomic E-state index is 12.5. The summed E-state index contributed by atoms with van der Waals surface area (Å²) in [4.78, 5) is 14.4. The molecule has 1 amide bonds. The van der Waals surface area contributed by atoms with Crippen LogP contribution in [0.2, 0.25) is 5.15 Å². The third-order valence-electron chi connectivity index (χ3n) is 1.70. The zero-order valence-corrected chi connectivity index (χ0v) is 7.98. The van der Waals surface area contributed by atoms with Gasteiger partial charge in [0, 0.05) is 5.69 Å². The first-order chi connectivity index (χ1) is 6.43. The molecule has 14 heavy (non-hydrogen) atoms. The molecule has 0 unspecified atom stereocenters. The number of hydrogen-bond acceptors (Lipinski definition) is 2. The van der Waals surface area contributed by atoms with E-state index in [1.54, 1.807) is 0 Å². The predicted octanol–water partition coefficient (Wildman–Crippen LogP) is 2.08. The van der Waals surface area contributed by atoms with Crippen LogP contribution in [-0.2, 0) is 0 Å². The maximum Gasteiger partial charge on any atom is 0.266 e. The second-order valence-electron chi connectivity index (χ2n) is 2.66. The maximum absolute atomic E-state index is 12.5. The summed E-state index contributed by atoms with van der Waals surface area (Å²) in [7, 11) is 0. The number of primary amides is 1. The molecule has 1 heterocycles. The number of rotatable bonds is 2. The van der Waals surface area contributed by atoms with Crippen molar-refractivity contribution in [1.82, 2.24) is 4.98 Å². The van der Waals surface area contributed by atoms with Crippen molar-refractivity contribution >= 4 is 17.5 Å². The number of nitrogens with zero attached hydrogens (tertiary/aromatic N) is 1. The fourth-order valence-electron chi connectivity index (χ4n) is 1.12. The summed E-state index contributed by atoms with van der Waals surface area (Å²) >= 11 is 5.51. The quantitative estimate of drug-likeness (QED) is 0.776. The number of nitrogens with two attached hydrogens (primary N) is 1. The van der Waals surface area contributed by atoms with Crippen molar-refractivity contribution < 1.29 is 13.6 Å². The molecule has 0 atom stereocenters. The number of aryl methyl sites for hydroxylation is 1. The van der Waals surface area contributed by atoms with E-state index >= 15 is 0 Å². The van der Waals surface area contributed by atoms with E-state index in [1.165, 1.54) is 6.92 Å². The number of hydrogen-bond donors (Lipinski definition) is 1. The number of aromatic nitrogens is 1. The number of amides is 1. The van der Waals surface area contributed by atoms with Crippen LogP contribution in [0.4, 0.5) is 8.78 Å². The summed E-state index contributed by atoms with van der Waals surface area (Å²) in [5, 5.41) is -0.0271. The molecule has 0 aliphatic rings.